The number of nitrogens with one attached hydrogen (secondary N) is 1. The van der Waals surface area contributed by atoms with Gasteiger partial charge in [0.25, 0.3) is 0 Å². The highest BCUT2D eigenvalue weighted by molar-refractivity contribution is 6.34. The van der Waals surface area contributed by atoms with Gasteiger partial charge in [-0.3, -0.25) is 4.99 Å². The van der Waals surface area contributed by atoms with E-state index in [2.05, 4.69) is 10.3 Å². The van der Waals surface area contributed by atoms with Gasteiger partial charge < -0.3 is 5.32 Å². The van der Waals surface area contributed by atoms with Crippen LogP contribution in [-0.2, 0) is 0 Å². The Morgan fingerprint density at radius 1 is 1.46 bits per heavy atom. The molecule has 13 heavy (non-hydrogen) atoms. The Morgan fingerprint density at radius 2 is 2.23 bits per heavy atom. The van der Waals surface area contributed by atoms with Crippen LogP contribution < -0.4 is 5.32 Å². The van der Waals surface area contributed by atoms with Crippen LogP contribution in [0.25, 0.3) is 0 Å². The lowest BCUT2D eigenvalue weighted by Crippen LogP contribution is -2.31. The molecule has 1 aliphatic rings. The van der Waals surface area contributed by atoms with E-state index in [0.29, 0.717) is 5.02 Å². The van der Waals surface area contributed by atoms with E-state index in [1.165, 1.54) is 0 Å². The molecular formula is C9H8Cl2N2. The molecule has 2 nitrogen and oxygen atoms in total. The van der Waals surface area contributed by atoms with E-state index < -0.39 is 5.00 Å². The number of nitrogens with zero attached hydrogens (tertiary/aromatic N) is 1. The predicted octanol–water partition coefficient (Wildman–Crippen LogP) is 3.42. The second kappa shape index (κ2) is 2.89. The van der Waals surface area contributed by atoms with E-state index in [0.717, 1.165) is 11.4 Å². The van der Waals surface area contributed by atoms with Gasteiger partial charge in [-0.25, -0.2) is 0 Å². The number of alkyl halides is 1. The van der Waals surface area contributed by atoms with Gasteiger partial charge in [-0.15, -0.1) is 0 Å². The first-order valence-corrected chi connectivity index (χ1v) is 4.64. The third kappa shape index (κ3) is 1.79. The Hall–Kier alpha value is -0.730. The second-order valence-corrected chi connectivity index (χ2v) is 4.34. The highest BCUT2D eigenvalue weighted by atomic mass is 35.5. The van der Waals surface area contributed by atoms with E-state index in [1.54, 1.807) is 18.3 Å². The van der Waals surface area contributed by atoms with Crippen LogP contribution >= 0.6 is 23.2 Å². The summed E-state index contributed by atoms with van der Waals surface area (Å²) in [7, 11) is 0. The van der Waals surface area contributed by atoms with Crippen LogP contribution in [-0.4, -0.2) is 11.2 Å². The SMILES string of the molecule is CC1(Cl)C=Nc2cc(Cl)ccc2N1. The van der Waals surface area contributed by atoms with E-state index in [9.17, 15) is 0 Å². The van der Waals surface area contributed by atoms with Crippen LogP contribution in [0.5, 0.6) is 0 Å². The zero-order chi connectivity index (χ0) is 9.47. The van der Waals surface area contributed by atoms with Crippen molar-refractivity contribution in [3.05, 3.63) is 23.2 Å². The minimum absolute atomic E-state index is 0.596. The zero-order valence-corrected chi connectivity index (χ0v) is 8.52. The quantitative estimate of drug-likeness (QED) is 0.520. The maximum atomic E-state index is 6.05. The molecule has 0 fully saturated rings. The van der Waals surface area contributed by atoms with Gasteiger partial charge in [0.05, 0.1) is 11.4 Å². The first-order chi connectivity index (χ1) is 6.07. The first-order valence-electron chi connectivity index (χ1n) is 3.89. The summed E-state index contributed by atoms with van der Waals surface area (Å²) in [5.41, 5.74) is 1.73. The molecule has 1 aromatic carbocycles. The highest BCUT2D eigenvalue weighted by Gasteiger charge is 2.22. The summed E-state index contributed by atoms with van der Waals surface area (Å²) < 4.78 is 0. The van der Waals surface area contributed by atoms with Crippen LogP contribution in [0, 0.1) is 0 Å². The summed E-state index contributed by atoms with van der Waals surface area (Å²) in [6, 6.07) is 5.47. The molecule has 0 saturated heterocycles. The molecule has 4 heteroatoms. The predicted molar refractivity (Wildman–Crippen MR) is 57.5 cm³/mol. The van der Waals surface area contributed by atoms with Crippen molar-refractivity contribution in [2.45, 2.75) is 11.9 Å². The smallest absolute Gasteiger partial charge is 0.145 e. The number of rotatable bonds is 0. The summed E-state index contributed by atoms with van der Waals surface area (Å²) in [5, 5.41) is 3.80. The van der Waals surface area contributed by atoms with Crippen molar-refractivity contribution in [2.24, 2.45) is 4.99 Å². The van der Waals surface area contributed by atoms with Crippen LogP contribution in [0.2, 0.25) is 5.02 Å². The summed E-state index contributed by atoms with van der Waals surface area (Å²) >= 11 is 11.9. The first kappa shape index (κ1) is 8.85. The lowest BCUT2D eigenvalue weighted by molar-refractivity contribution is 0.961. The molecule has 68 valence electrons. The van der Waals surface area contributed by atoms with Gasteiger partial charge in [-0.2, -0.15) is 0 Å². The van der Waals surface area contributed by atoms with Gasteiger partial charge in [0.15, 0.2) is 0 Å². The van der Waals surface area contributed by atoms with Gasteiger partial charge in [0.1, 0.15) is 5.00 Å². The Kier molecular flexibility index (Phi) is 1.97. The number of anilines is 1. The van der Waals surface area contributed by atoms with Crippen molar-refractivity contribution in [3.8, 4) is 0 Å². The molecular weight excluding hydrogens is 207 g/mol. The Bertz CT molecular complexity index is 372. The minimum Gasteiger partial charge on any atom is -0.361 e. The number of hydrogen-bond donors (Lipinski definition) is 1. The number of fused-ring (bicyclic) bond motifs is 1. The molecule has 2 rings (SSSR count). The number of benzene rings is 1. The topological polar surface area (TPSA) is 24.4 Å². The molecule has 1 atom stereocenters. The molecule has 0 aliphatic carbocycles. The van der Waals surface area contributed by atoms with Crippen molar-refractivity contribution >= 4 is 40.8 Å². The zero-order valence-electron chi connectivity index (χ0n) is 7.01. The Balaban J connectivity index is 2.47. The molecule has 0 spiro atoms. The van der Waals surface area contributed by atoms with Crippen LogP contribution in [0.3, 0.4) is 0 Å². The molecule has 1 unspecified atom stereocenters. The van der Waals surface area contributed by atoms with Gasteiger partial charge in [0, 0.05) is 11.2 Å². The fourth-order valence-corrected chi connectivity index (χ4v) is 1.52. The second-order valence-electron chi connectivity index (χ2n) is 3.12. The van der Waals surface area contributed by atoms with Crippen molar-refractivity contribution in [1.82, 2.24) is 0 Å². The fourth-order valence-electron chi connectivity index (χ4n) is 1.20. The number of aliphatic imine (C=N–C) groups is 1. The van der Waals surface area contributed by atoms with Crippen molar-refractivity contribution in [3.63, 3.8) is 0 Å². The third-order valence-corrected chi connectivity index (χ3v) is 2.21. The average Bonchev–Trinajstić information content (AvgIpc) is 2.05. The van der Waals surface area contributed by atoms with Crippen molar-refractivity contribution in [2.75, 3.05) is 5.32 Å². The number of hydrogen-bond acceptors (Lipinski definition) is 2. The monoisotopic (exact) mass is 214 g/mol. The molecule has 0 aromatic heterocycles. The normalized spacial score (nSPS) is 25.2. The molecule has 1 aliphatic heterocycles. The largest absolute Gasteiger partial charge is 0.361 e. The van der Waals surface area contributed by atoms with E-state index in [4.69, 9.17) is 23.2 Å². The fraction of sp³-hybridized carbons (Fsp3) is 0.222. The standard InChI is InChI=1S/C9H8Cl2N2/c1-9(11)5-12-8-4-6(10)2-3-7(8)13-9/h2-5,13H,1H3. The van der Waals surface area contributed by atoms with Gasteiger partial charge in [-0.05, 0) is 25.1 Å². The highest BCUT2D eigenvalue weighted by Crippen LogP contribution is 2.34. The average molecular weight is 215 g/mol. The molecule has 1 heterocycles. The number of halogens is 2. The molecule has 0 radical (unpaired) electrons. The molecule has 0 amide bonds. The van der Waals surface area contributed by atoms with Gasteiger partial charge >= 0.3 is 0 Å². The maximum Gasteiger partial charge on any atom is 0.145 e. The van der Waals surface area contributed by atoms with Crippen LogP contribution in [0.1, 0.15) is 6.92 Å². The summed E-state index contributed by atoms with van der Waals surface area (Å²) in [4.78, 5) is 3.61. The third-order valence-electron chi connectivity index (χ3n) is 1.78. The van der Waals surface area contributed by atoms with Crippen LogP contribution in [0.15, 0.2) is 23.2 Å². The van der Waals surface area contributed by atoms with Crippen LogP contribution in [0.4, 0.5) is 11.4 Å². The van der Waals surface area contributed by atoms with Crippen molar-refractivity contribution in [1.29, 1.82) is 0 Å². The van der Waals surface area contributed by atoms with E-state index in [1.807, 2.05) is 13.0 Å². The maximum absolute atomic E-state index is 6.05. The molecule has 0 saturated carbocycles. The van der Waals surface area contributed by atoms with Crippen molar-refractivity contribution < 1.29 is 0 Å². The summed E-state index contributed by atoms with van der Waals surface area (Å²) in [5.74, 6) is 0. The van der Waals surface area contributed by atoms with Gasteiger partial charge in [0.2, 0.25) is 0 Å². The lowest BCUT2D eigenvalue weighted by Gasteiger charge is -2.25. The summed E-state index contributed by atoms with van der Waals surface area (Å²) in [6.45, 7) is 1.84. The molecule has 1 aromatic rings. The molecule has 0 bridgehead atoms. The molecule has 1 N–H and O–H groups in total. The van der Waals surface area contributed by atoms with E-state index in [-0.39, 0.29) is 0 Å². The minimum atomic E-state index is -0.596. The van der Waals surface area contributed by atoms with Gasteiger partial charge in [-0.1, -0.05) is 23.2 Å². The Labute approximate surface area is 86.6 Å². The van der Waals surface area contributed by atoms with E-state index >= 15 is 0 Å². The summed E-state index contributed by atoms with van der Waals surface area (Å²) in [6.07, 6.45) is 1.66. The lowest BCUT2D eigenvalue weighted by atomic mass is 10.2. The Morgan fingerprint density at radius 3 is 3.00 bits per heavy atom.